The van der Waals surface area contributed by atoms with E-state index in [0.29, 0.717) is 38.6 Å². The van der Waals surface area contributed by atoms with Gasteiger partial charge in [-0.1, -0.05) is 29.8 Å². The Balaban J connectivity index is 1.39. The third kappa shape index (κ3) is 3.76. The highest BCUT2D eigenvalue weighted by atomic mass is 35.5. The molecule has 0 saturated heterocycles. The number of fused-ring (bicyclic) bond motifs is 3. The van der Waals surface area contributed by atoms with Gasteiger partial charge in [-0.25, -0.2) is 4.79 Å². The summed E-state index contributed by atoms with van der Waals surface area (Å²) in [5, 5.41) is 3.07. The van der Waals surface area contributed by atoms with Gasteiger partial charge in [0.25, 0.3) is 0 Å². The predicted molar refractivity (Wildman–Crippen MR) is 141 cm³/mol. The highest BCUT2D eigenvalue weighted by molar-refractivity contribution is 6.31. The van der Waals surface area contributed by atoms with Crippen LogP contribution >= 0.6 is 11.6 Å². The molecule has 0 fully saturated rings. The molecule has 0 bridgehead atoms. The molecule has 6 rings (SSSR count). The second-order valence-electron chi connectivity index (χ2n) is 8.78. The minimum Gasteiger partial charge on any atom is -0.489 e. The Morgan fingerprint density at radius 1 is 0.861 bits per heavy atom. The molecule has 178 valence electrons. The second-order valence-corrected chi connectivity index (χ2v) is 9.22. The number of halogens is 1. The molecule has 0 radical (unpaired) electrons. The fourth-order valence-electron chi connectivity index (χ4n) is 4.65. The normalized spacial score (nSPS) is 11.5. The van der Waals surface area contributed by atoms with Crippen LogP contribution in [0.2, 0.25) is 5.02 Å². The van der Waals surface area contributed by atoms with E-state index in [2.05, 4.69) is 4.98 Å². The van der Waals surface area contributed by atoms with E-state index in [9.17, 15) is 9.59 Å². The van der Waals surface area contributed by atoms with E-state index < -0.39 is 5.63 Å². The van der Waals surface area contributed by atoms with Crippen molar-refractivity contribution in [2.75, 3.05) is 0 Å². The molecule has 6 nitrogen and oxygen atoms in total. The van der Waals surface area contributed by atoms with E-state index in [4.69, 9.17) is 25.2 Å². The first-order chi connectivity index (χ1) is 17.4. The summed E-state index contributed by atoms with van der Waals surface area (Å²) in [6, 6.07) is 19.6. The van der Waals surface area contributed by atoms with Gasteiger partial charge in [0.15, 0.2) is 0 Å². The largest absolute Gasteiger partial charge is 0.489 e. The monoisotopic (exact) mass is 497 g/mol. The number of hydrogen-bond donors (Lipinski definition) is 1. The van der Waals surface area contributed by atoms with Crippen molar-refractivity contribution in [3.63, 3.8) is 0 Å². The number of ether oxygens (including phenoxy) is 1. The Bertz CT molecular complexity index is 1930. The van der Waals surface area contributed by atoms with Gasteiger partial charge in [-0.2, -0.15) is 0 Å². The van der Waals surface area contributed by atoms with Crippen LogP contribution in [0.5, 0.6) is 5.75 Å². The van der Waals surface area contributed by atoms with E-state index >= 15 is 0 Å². The second kappa shape index (κ2) is 8.43. The van der Waals surface area contributed by atoms with Gasteiger partial charge in [0.2, 0.25) is 5.56 Å². The Morgan fingerprint density at radius 2 is 1.72 bits per heavy atom. The number of hydrogen-bond acceptors (Lipinski definition) is 5. The van der Waals surface area contributed by atoms with Gasteiger partial charge in [-0.05, 0) is 49.7 Å². The highest BCUT2D eigenvalue weighted by Crippen LogP contribution is 2.38. The molecule has 1 N–H and O–H groups in total. The standard InChI is InChI=1S/C29H20ClNO5/c1-15-4-3-5-21-17(10-26(32)31-28(15)21)14-34-19-7-8-20-16(2)29(36-25(20)12-19)23-13-27(33)35-24-9-6-18(30)11-22(23)24/h3-13H,14H2,1-2H3,(H,31,32). The van der Waals surface area contributed by atoms with Gasteiger partial charge in [-0.3, -0.25) is 4.79 Å². The summed E-state index contributed by atoms with van der Waals surface area (Å²) in [6.45, 7) is 4.13. The summed E-state index contributed by atoms with van der Waals surface area (Å²) in [7, 11) is 0. The molecule has 7 heteroatoms. The molecule has 6 aromatic rings. The molecule has 0 atom stereocenters. The van der Waals surface area contributed by atoms with E-state index in [1.54, 1.807) is 24.3 Å². The molecule has 3 heterocycles. The van der Waals surface area contributed by atoms with Gasteiger partial charge < -0.3 is 18.6 Å². The van der Waals surface area contributed by atoms with Crippen LogP contribution < -0.4 is 15.9 Å². The van der Waals surface area contributed by atoms with Gasteiger partial charge in [0.05, 0.1) is 5.52 Å². The van der Waals surface area contributed by atoms with Crippen LogP contribution in [-0.4, -0.2) is 4.98 Å². The van der Waals surface area contributed by atoms with Crippen LogP contribution in [0.15, 0.2) is 85.2 Å². The lowest BCUT2D eigenvalue weighted by molar-refractivity contribution is 0.307. The highest BCUT2D eigenvalue weighted by Gasteiger charge is 2.18. The molecule has 0 aliphatic rings. The van der Waals surface area contributed by atoms with Crippen LogP contribution in [0, 0.1) is 13.8 Å². The lowest BCUT2D eigenvalue weighted by atomic mass is 10.0. The molecule has 0 aliphatic carbocycles. The molecular weight excluding hydrogens is 478 g/mol. The Morgan fingerprint density at radius 3 is 2.58 bits per heavy atom. The minimum absolute atomic E-state index is 0.170. The van der Waals surface area contributed by atoms with E-state index in [0.717, 1.165) is 33.0 Å². The summed E-state index contributed by atoms with van der Waals surface area (Å²) in [6.07, 6.45) is 0. The predicted octanol–water partition coefficient (Wildman–Crippen LogP) is 6.90. The Hall–Kier alpha value is -4.29. The lowest BCUT2D eigenvalue weighted by Crippen LogP contribution is -2.09. The third-order valence-electron chi connectivity index (χ3n) is 6.43. The van der Waals surface area contributed by atoms with Gasteiger partial charge >= 0.3 is 5.63 Å². The molecule has 0 aliphatic heterocycles. The van der Waals surface area contributed by atoms with Crippen LogP contribution in [-0.2, 0) is 6.61 Å². The molecule has 0 amide bonds. The fraction of sp³-hybridized carbons (Fsp3) is 0.103. The first kappa shape index (κ1) is 22.2. The van der Waals surface area contributed by atoms with E-state index in [-0.39, 0.29) is 12.2 Å². The maximum Gasteiger partial charge on any atom is 0.336 e. The first-order valence-corrected chi connectivity index (χ1v) is 11.8. The number of nitrogens with one attached hydrogen (secondary N) is 1. The van der Waals surface area contributed by atoms with E-state index in [1.165, 1.54) is 6.07 Å². The Labute approximate surface area is 209 Å². The molecule has 0 spiro atoms. The van der Waals surface area contributed by atoms with Crippen molar-refractivity contribution in [2.24, 2.45) is 0 Å². The van der Waals surface area contributed by atoms with Crippen molar-refractivity contribution in [2.45, 2.75) is 20.5 Å². The first-order valence-electron chi connectivity index (χ1n) is 11.4. The number of para-hydroxylation sites is 1. The zero-order valence-corrected chi connectivity index (χ0v) is 20.2. The van der Waals surface area contributed by atoms with Crippen LogP contribution in [0.1, 0.15) is 16.7 Å². The van der Waals surface area contributed by atoms with Crippen molar-refractivity contribution in [1.82, 2.24) is 4.98 Å². The summed E-state index contributed by atoms with van der Waals surface area (Å²) in [5.74, 6) is 1.17. The molecule has 36 heavy (non-hydrogen) atoms. The summed E-state index contributed by atoms with van der Waals surface area (Å²) < 4.78 is 17.6. The van der Waals surface area contributed by atoms with Crippen LogP contribution in [0.4, 0.5) is 0 Å². The number of aromatic amines is 1. The zero-order chi connectivity index (χ0) is 25.0. The molecule has 3 aromatic carbocycles. The summed E-state index contributed by atoms with van der Waals surface area (Å²) in [4.78, 5) is 27.3. The fourth-order valence-corrected chi connectivity index (χ4v) is 4.82. The average Bonchev–Trinajstić information content (AvgIpc) is 3.18. The average molecular weight is 498 g/mol. The smallest absolute Gasteiger partial charge is 0.336 e. The SMILES string of the molecule is Cc1c(-c2cc(=O)oc3ccc(Cl)cc23)oc2cc(OCc3cc(=O)[nH]c4c(C)cccc34)ccc12. The van der Waals surface area contributed by atoms with Gasteiger partial charge in [0, 0.05) is 56.1 Å². The van der Waals surface area contributed by atoms with Crippen molar-refractivity contribution in [3.05, 3.63) is 109 Å². The van der Waals surface area contributed by atoms with Crippen molar-refractivity contribution < 1.29 is 13.6 Å². The minimum atomic E-state index is -0.469. The van der Waals surface area contributed by atoms with Crippen LogP contribution in [0.25, 0.3) is 44.2 Å². The summed E-state index contributed by atoms with van der Waals surface area (Å²) in [5.41, 5.74) is 4.53. The maximum atomic E-state index is 12.2. The molecule has 0 saturated carbocycles. The third-order valence-corrected chi connectivity index (χ3v) is 6.66. The number of furan rings is 1. The summed E-state index contributed by atoms with van der Waals surface area (Å²) >= 11 is 6.21. The number of H-pyrrole nitrogens is 1. The van der Waals surface area contributed by atoms with Crippen molar-refractivity contribution in [1.29, 1.82) is 0 Å². The molecular formula is C29H20ClNO5. The number of aromatic nitrogens is 1. The molecule has 3 aromatic heterocycles. The van der Waals surface area contributed by atoms with E-state index in [1.807, 2.05) is 50.2 Å². The topological polar surface area (TPSA) is 85.4 Å². The molecule has 0 unspecified atom stereocenters. The maximum absolute atomic E-state index is 12.2. The number of aryl methyl sites for hydroxylation is 2. The Kier molecular flexibility index (Phi) is 5.20. The number of rotatable bonds is 4. The quantitative estimate of drug-likeness (QED) is 0.268. The lowest BCUT2D eigenvalue weighted by Gasteiger charge is -2.10. The number of benzene rings is 3. The number of pyridine rings is 1. The van der Waals surface area contributed by atoms with Gasteiger partial charge in [-0.15, -0.1) is 0 Å². The van der Waals surface area contributed by atoms with Crippen molar-refractivity contribution in [3.8, 4) is 17.1 Å². The van der Waals surface area contributed by atoms with Crippen LogP contribution in [0.3, 0.4) is 0 Å². The van der Waals surface area contributed by atoms with Crippen molar-refractivity contribution >= 4 is 44.4 Å². The zero-order valence-electron chi connectivity index (χ0n) is 19.5. The van der Waals surface area contributed by atoms with Gasteiger partial charge in [0.1, 0.15) is 29.3 Å².